The van der Waals surface area contributed by atoms with Gasteiger partial charge in [-0.05, 0) is 93.8 Å². The lowest BCUT2D eigenvalue weighted by Crippen LogP contribution is -2.44. The lowest BCUT2D eigenvalue weighted by molar-refractivity contribution is 0.0909. The molecule has 36 heavy (non-hydrogen) atoms. The lowest BCUT2D eigenvalue weighted by Gasteiger charge is -2.32. The smallest absolute Gasteiger partial charge is 0.251 e. The third-order valence-electron chi connectivity index (χ3n) is 7.13. The van der Waals surface area contributed by atoms with Crippen molar-refractivity contribution in [2.75, 3.05) is 26.2 Å². The first-order valence-electron chi connectivity index (χ1n) is 13.0. The van der Waals surface area contributed by atoms with Crippen molar-refractivity contribution in [2.24, 2.45) is 5.92 Å². The fourth-order valence-corrected chi connectivity index (χ4v) is 5.00. The Kier molecular flexibility index (Phi) is 7.93. The van der Waals surface area contributed by atoms with Crippen molar-refractivity contribution in [3.8, 4) is 11.5 Å². The molecule has 0 atom stereocenters. The van der Waals surface area contributed by atoms with E-state index in [9.17, 15) is 9.59 Å². The summed E-state index contributed by atoms with van der Waals surface area (Å²) in [5.74, 6) is 2.25. The molecule has 190 valence electrons. The Balaban J connectivity index is 1.01. The van der Waals surface area contributed by atoms with Crippen LogP contribution in [0.2, 0.25) is 5.02 Å². The van der Waals surface area contributed by atoms with Crippen molar-refractivity contribution in [3.05, 3.63) is 70.4 Å². The van der Waals surface area contributed by atoms with Gasteiger partial charge in [0.05, 0.1) is 6.61 Å². The number of nitrogens with one attached hydrogen (secondary N) is 1. The molecule has 7 heteroatoms. The Bertz CT molecular complexity index is 1140. The first-order valence-corrected chi connectivity index (χ1v) is 13.4. The molecule has 6 nitrogen and oxygen atoms in total. The molecule has 2 aliphatic heterocycles. The number of rotatable bonds is 10. The summed E-state index contributed by atoms with van der Waals surface area (Å²) in [5, 5.41) is 3.71. The van der Waals surface area contributed by atoms with E-state index in [1.807, 2.05) is 24.3 Å². The Morgan fingerprint density at radius 1 is 1.11 bits per heavy atom. The molecular weight excluding hydrogens is 476 g/mol. The number of carbonyl (C=O) groups is 2. The van der Waals surface area contributed by atoms with E-state index in [1.165, 1.54) is 12.8 Å². The number of ketones is 1. The minimum atomic E-state index is -0.0634. The van der Waals surface area contributed by atoms with Crippen LogP contribution in [0, 0.1) is 5.92 Å². The van der Waals surface area contributed by atoms with Gasteiger partial charge in [0, 0.05) is 29.7 Å². The Labute approximate surface area is 217 Å². The summed E-state index contributed by atoms with van der Waals surface area (Å²) in [4.78, 5) is 27.7. The van der Waals surface area contributed by atoms with Gasteiger partial charge in [-0.25, -0.2) is 0 Å². The zero-order valence-electron chi connectivity index (χ0n) is 20.5. The number of piperidine rings is 1. The molecule has 2 heterocycles. The van der Waals surface area contributed by atoms with E-state index in [0.29, 0.717) is 45.9 Å². The Hall–Kier alpha value is -2.83. The highest BCUT2D eigenvalue weighted by molar-refractivity contribution is 6.31. The SMILES string of the molecule is O=C(NC1CCN(CCCCOc2cccc3c2C(=O)C(=CCC2CC2)O3)CC1)c1cccc(Cl)c1. The van der Waals surface area contributed by atoms with Crippen LogP contribution in [0.15, 0.2) is 54.3 Å². The van der Waals surface area contributed by atoms with Crippen LogP contribution in [0.25, 0.3) is 0 Å². The molecule has 0 spiro atoms. The van der Waals surface area contributed by atoms with Gasteiger partial charge in [0.1, 0.15) is 17.1 Å². The summed E-state index contributed by atoms with van der Waals surface area (Å²) in [6.45, 7) is 3.50. The molecule has 1 N–H and O–H groups in total. The maximum atomic E-state index is 12.8. The summed E-state index contributed by atoms with van der Waals surface area (Å²) in [7, 11) is 0. The monoisotopic (exact) mass is 508 g/mol. The van der Waals surface area contributed by atoms with Gasteiger partial charge in [0.15, 0.2) is 5.76 Å². The van der Waals surface area contributed by atoms with Gasteiger partial charge in [-0.1, -0.05) is 23.7 Å². The third-order valence-corrected chi connectivity index (χ3v) is 7.36. The van der Waals surface area contributed by atoms with E-state index in [0.717, 1.165) is 51.7 Å². The first-order chi connectivity index (χ1) is 17.6. The van der Waals surface area contributed by atoms with E-state index < -0.39 is 0 Å². The van der Waals surface area contributed by atoms with Gasteiger partial charge >= 0.3 is 0 Å². The molecule has 0 bridgehead atoms. The van der Waals surface area contributed by atoms with E-state index in [2.05, 4.69) is 10.2 Å². The van der Waals surface area contributed by atoms with Crippen LogP contribution in [-0.2, 0) is 0 Å². The zero-order chi connectivity index (χ0) is 24.9. The molecule has 2 aromatic carbocycles. The van der Waals surface area contributed by atoms with E-state index in [4.69, 9.17) is 21.1 Å². The molecule has 2 fully saturated rings. The average molecular weight is 509 g/mol. The van der Waals surface area contributed by atoms with Crippen LogP contribution in [0.4, 0.5) is 0 Å². The summed E-state index contributed by atoms with van der Waals surface area (Å²) in [5.41, 5.74) is 1.16. The second kappa shape index (κ2) is 11.5. The maximum Gasteiger partial charge on any atom is 0.251 e. The van der Waals surface area contributed by atoms with Crippen molar-refractivity contribution in [2.45, 2.75) is 51.0 Å². The Morgan fingerprint density at radius 2 is 1.92 bits per heavy atom. The fraction of sp³-hybridized carbons (Fsp3) is 0.448. The molecule has 1 saturated heterocycles. The van der Waals surface area contributed by atoms with Gasteiger partial charge < -0.3 is 19.7 Å². The number of halogens is 1. The molecule has 1 amide bonds. The number of fused-ring (bicyclic) bond motifs is 1. The van der Waals surface area contributed by atoms with Gasteiger partial charge in [0.25, 0.3) is 5.91 Å². The first kappa shape index (κ1) is 24.8. The summed E-state index contributed by atoms with van der Waals surface area (Å²) in [6, 6.07) is 12.8. The number of benzene rings is 2. The van der Waals surface area contributed by atoms with Crippen LogP contribution >= 0.6 is 11.6 Å². The summed E-state index contributed by atoms with van der Waals surface area (Å²) >= 11 is 6.00. The van der Waals surface area contributed by atoms with Crippen molar-refractivity contribution in [1.29, 1.82) is 0 Å². The molecule has 1 aliphatic carbocycles. The topological polar surface area (TPSA) is 67.9 Å². The number of unbranched alkanes of at least 4 members (excludes halogenated alkanes) is 1. The molecule has 0 aromatic heterocycles. The third kappa shape index (κ3) is 6.29. The lowest BCUT2D eigenvalue weighted by atomic mass is 10.0. The number of hydrogen-bond donors (Lipinski definition) is 1. The predicted molar refractivity (Wildman–Crippen MR) is 140 cm³/mol. The zero-order valence-corrected chi connectivity index (χ0v) is 21.3. The second-order valence-electron chi connectivity index (χ2n) is 9.96. The highest BCUT2D eigenvalue weighted by Crippen LogP contribution is 2.39. The van der Waals surface area contributed by atoms with Crippen molar-refractivity contribution >= 4 is 23.3 Å². The fourth-order valence-electron chi connectivity index (χ4n) is 4.81. The van der Waals surface area contributed by atoms with Gasteiger partial charge in [0.2, 0.25) is 5.78 Å². The van der Waals surface area contributed by atoms with E-state index >= 15 is 0 Å². The molecule has 1 saturated carbocycles. The number of allylic oxidation sites excluding steroid dienone is 2. The predicted octanol–water partition coefficient (Wildman–Crippen LogP) is 5.65. The van der Waals surface area contributed by atoms with Crippen LogP contribution in [0.5, 0.6) is 11.5 Å². The Morgan fingerprint density at radius 3 is 2.69 bits per heavy atom. The minimum absolute atomic E-state index is 0.0603. The molecule has 3 aliphatic rings. The molecular formula is C29H33ClN2O4. The second-order valence-corrected chi connectivity index (χ2v) is 10.4. The summed E-state index contributed by atoms with van der Waals surface area (Å²) in [6.07, 6.45) is 9.16. The average Bonchev–Trinajstić information content (AvgIpc) is 3.66. The molecule has 5 rings (SSSR count). The van der Waals surface area contributed by atoms with Crippen molar-refractivity contribution < 1.29 is 19.1 Å². The highest BCUT2D eigenvalue weighted by atomic mass is 35.5. The highest BCUT2D eigenvalue weighted by Gasteiger charge is 2.31. The van der Waals surface area contributed by atoms with E-state index in [1.54, 1.807) is 24.3 Å². The normalized spacial score (nSPS) is 19.2. The maximum absolute atomic E-state index is 12.8. The quantitative estimate of drug-likeness (QED) is 0.331. The number of Topliss-reactive ketones (excluding diaryl/α,β-unsaturated/α-hetero) is 1. The van der Waals surface area contributed by atoms with Crippen LogP contribution < -0.4 is 14.8 Å². The number of likely N-dealkylation sites (tertiary alicyclic amines) is 1. The molecule has 2 aromatic rings. The van der Waals surface area contributed by atoms with Crippen molar-refractivity contribution in [1.82, 2.24) is 10.2 Å². The van der Waals surface area contributed by atoms with Gasteiger partial charge in [-0.2, -0.15) is 0 Å². The largest absolute Gasteiger partial charge is 0.493 e. The molecule has 0 radical (unpaired) electrons. The standard InChI is InChI=1S/C29H33ClN2O4/c30-22-6-3-5-21(19-22)29(34)31-23-13-16-32(17-14-23)15-1-2-18-35-24-7-4-8-25-27(24)28(33)26(36-25)12-11-20-9-10-20/h3-8,12,19-20,23H,1-2,9-11,13-18H2,(H,31,34). The summed E-state index contributed by atoms with van der Waals surface area (Å²) < 4.78 is 11.8. The molecule has 0 unspecified atom stereocenters. The minimum Gasteiger partial charge on any atom is -0.493 e. The van der Waals surface area contributed by atoms with Gasteiger partial charge in [-0.3, -0.25) is 9.59 Å². The van der Waals surface area contributed by atoms with E-state index in [-0.39, 0.29) is 17.7 Å². The number of carbonyl (C=O) groups excluding carboxylic acids is 2. The number of nitrogens with zero attached hydrogens (tertiary/aromatic N) is 1. The number of ether oxygens (including phenoxy) is 2. The number of hydrogen-bond acceptors (Lipinski definition) is 5. The van der Waals surface area contributed by atoms with Gasteiger partial charge in [-0.15, -0.1) is 0 Å². The van der Waals surface area contributed by atoms with Crippen LogP contribution in [0.3, 0.4) is 0 Å². The number of amides is 1. The van der Waals surface area contributed by atoms with Crippen LogP contribution in [-0.4, -0.2) is 48.9 Å². The van der Waals surface area contributed by atoms with Crippen molar-refractivity contribution in [3.63, 3.8) is 0 Å². The van der Waals surface area contributed by atoms with Crippen LogP contribution in [0.1, 0.15) is 65.7 Å².